The van der Waals surface area contributed by atoms with Crippen molar-refractivity contribution in [3.05, 3.63) is 64.1 Å². The van der Waals surface area contributed by atoms with Crippen LogP contribution in [0.3, 0.4) is 0 Å². The van der Waals surface area contributed by atoms with E-state index in [0.717, 1.165) is 16.2 Å². The number of rotatable bonds is 4. The lowest BCUT2D eigenvalue weighted by Crippen LogP contribution is -2.13. The second-order valence-electron chi connectivity index (χ2n) is 4.60. The number of carbonyl (C=O) groups excluding carboxylic acids is 1. The van der Waals surface area contributed by atoms with Crippen molar-refractivity contribution in [2.24, 2.45) is 0 Å². The molecular formula is C16H10FNO3S2. The van der Waals surface area contributed by atoms with E-state index in [4.69, 9.17) is 0 Å². The number of thiophene rings is 2. The summed E-state index contributed by atoms with van der Waals surface area (Å²) < 4.78 is 12.9. The van der Waals surface area contributed by atoms with E-state index in [1.54, 1.807) is 5.38 Å². The van der Waals surface area contributed by atoms with Crippen LogP contribution >= 0.6 is 22.7 Å². The van der Waals surface area contributed by atoms with Crippen LogP contribution in [-0.2, 0) is 0 Å². The van der Waals surface area contributed by atoms with Gasteiger partial charge in [-0.25, -0.2) is 9.18 Å². The lowest BCUT2D eigenvalue weighted by molar-refractivity contribution is 0.0699. The number of hydrogen-bond acceptors (Lipinski definition) is 4. The molecule has 0 spiro atoms. The Bertz CT molecular complexity index is 854. The molecule has 1 amide bonds. The van der Waals surface area contributed by atoms with E-state index < -0.39 is 17.7 Å². The maximum absolute atomic E-state index is 12.9. The first-order valence-electron chi connectivity index (χ1n) is 6.52. The first kappa shape index (κ1) is 15.4. The summed E-state index contributed by atoms with van der Waals surface area (Å²) in [6, 6.07) is 8.71. The fraction of sp³-hybridized carbons (Fsp3) is 0. The van der Waals surface area contributed by atoms with E-state index in [9.17, 15) is 19.1 Å². The molecule has 2 N–H and O–H groups in total. The third kappa shape index (κ3) is 3.15. The average Bonchev–Trinajstić information content (AvgIpc) is 3.16. The molecule has 7 heteroatoms. The number of halogens is 1. The Morgan fingerprint density at radius 1 is 1.09 bits per heavy atom. The lowest BCUT2D eigenvalue weighted by atomic mass is 10.1. The van der Waals surface area contributed by atoms with Gasteiger partial charge in [-0.3, -0.25) is 4.79 Å². The van der Waals surface area contributed by atoms with Gasteiger partial charge in [-0.05, 0) is 35.7 Å². The zero-order valence-electron chi connectivity index (χ0n) is 11.6. The molecule has 0 radical (unpaired) electrons. The quantitative estimate of drug-likeness (QED) is 0.727. The van der Waals surface area contributed by atoms with E-state index in [0.29, 0.717) is 5.56 Å². The van der Waals surface area contributed by atoms with E-state index in [1.807, 2.05) is 17.5 Å². The van der Waals surface area contributed by atoms with Gasteiger partial charge in [0.15, 0.2) is 0 Å². The van der Waals surface area contributed by atoms with Gasteiger partial charge >= 0.3 is 5.97 Å². The molecule has 0 aliphatic heterocycles. The fourth-order valence-corrected chi connectivity index (χ4v) is 3.82. The van der Waals surface area contributed by atoms with E-state index >= 15 is 0 Å². The number of carboxylic acids is 1. The third-order valence-corrected chi connectivity index (χ3v) is 4.92. The smallest absolute Gasteiger partial charge is 0.339 e. The highest BCUT2D eigenvalue weighted by molar-refractivity contribution is 7.17. The Kier molecular flexibility index (Phi) is 4.22. The molecule has 0 unspecified atom stereocenters. The van der Waals surface area contributed by atoms with Crippen LogP contribution in [-0.4, -0.2) is 17.0 Å². The van der Waals surface area contributed by atoms with Crippen LogP contribution in [0.2, 0.25) is 0 Å². The summed E-state index contributed by atoms with van der Waals surface area (Å²) in [5, 5.41) is 15.9. The Morgan fingerprint density at radius 3 is 2.43 bits per heavy atom. The minimum atomic E-state index is -1.11. The summed E-state index contributed by atoms with van der Waals surface area (Å²) in [5.74, 6) is -2.03. The zero-order chi connectivity index (χ0) is 16.4. The van der Waals surface area contributed by atoms with Crippen LogP contribution in [0.5, 0.6) is 0 Å². The number of anilines is 1. The highest BCUT2D eigenvalue weighted by atomic mass is 32.1. The second kappa shape index (κ2) is 6.31. The number of aromatic carboxylic acids is 1. The lowest BCUT2D eigenvalue weighted by Gasteiger charge is -2.05. The molecule has 0 fully saturated rings. The molecule has 1 aromatic carbocycles. The summed E-state index contributed by atoms with van der Waals surface area (Å²) in [7, 11) is 0. The molecular weight excluding hydrogens is 337 g/mol. The van der Waals surface area contributed by atoms with Gasteiger partial charge in [-0.2, -0.15) is 0 Å². The fourth-order valence-electron chi connectivity index (χ4n) is 2.05. The third-order valence-electron chi connectivity index (χ3n) is 3.12. The molecule has 3 aromatic rings. The number of nitrogens with one attached hydrogen (secondary N) is 1. The van der Waals surface area contributed by atoms with Crippen molar-refractivity contribution in [2.45, 2.75) is 0 Å². The topological polar surface area (TPSA) is 66.4 Å². The van der Waals surface area contributed by atoms with Gasteiger partial charge in [0.25, 0.3) is 5.91 Å². The predicted octanol–water partition coefficient (Wildman–Crippen LogP) is 4.57. The minimum absolute atomic E-state index is 0.0629. The average molecular weight is 347 g/mol. The van der Waals surface area contributed by atoms with Gasteiger partial charge in [0.1, 0.15) is 16.4 Å². The molecule has 2 aromatic heterocycles. The molecule has 23 heavy (non-hydrogen) atoms. The summed E-state index contributed by atoms with van der Waals surface area (Å²) in [6.45, 7) is 0. The maximum Gasteiger partial charge on any atom is 0.339 e. The molecule has 0 aliphatic rings. The van der Waals surface area contributed by atoms with Crippen molar-refractivity contribution in [3.8, 4) is 10.4 Å². The largest absolute Gasteiger partial charge is 0.478 e. The summed E-state index contributed by atoms with van der Waals surface area (Å²) in [5.41, 5.74) is 0.897. The van der Waals surface area contributed by atoms with Crippen LogP contribution < -0.4 is 5.32 Å². The predicted molar refractivity (Wildman–Crippen MR) is 88.9 cm³/mol. The van der Waals surface area contributed by atoms with Gasteiger partial charge in [-0.1, -0.05) is 6.07 Å². The zero-order valence-corrected chi connectivity index (χ0v) is 13.2. The van der Waals surface area contributed by atoms with Gasteiger partial charge in [0, 0.05) is 21.4 Å². The SMILES string of the molecule is O=C(Nc1scc(-c2cccs2)c1C(=O)O)c1ccc(F)cc1. The van der Waals surface area contributed by atoms with Crippen molar-refractivity contribution in [2.75, 3.05) is 5.32 Å². The monoisotopic (exact) mass is 347 g/mol. The standard InChI is InChI=1S/C16H10FNO3S2/c17-10-5-3-9(4-6-10)14(19)18-15-13(16(20)21)11(8-23-15)12-2-1-7-22-12/h1-8H,(H,18,19)(H,20,21). The Morgan fingerprint density at radius 2 is 1.83 bits per heavy atom. The number of hydrogen-bond donors (Lipinski definition) is 2. The van der Waals surface area contributed by atoms with Crippen molar-refractivity contribution in [1.29, 1.82) is 0 Å². The molecule has 4 nitrogen and oxygen atoms in total. The molecule has 0 aliphatic carbocycles. The van der Waals surface area contributed by atoms with Crippen LogP contribution in [0, 0.1) is 5.82 Å². The molecule has 0 saturated heterocycles. The van der Waals surface area contributed by atoms with Crippen molar-refractivity contribution >= 4 is 39.6 Å². The van der Waals surface area contributed by atoms with Crippen LogP contribution in [0.15, 0.2) is 47.2 Å². The Labute approximate surface area is 138 Å². The van der Waals surface area contributed by atoms with Gasteiger partial charge in [0.05, 0.1) is 0 Å². The van der Waals surface area contributed by atoms with Crippen molar-refractivity contribution < 1.29 is 19.1 Å². The Balaban J connectivity index is 1.93. The van der Waals surface area contributed by atoms with Crippen molar-refractivity contribution in [1.82, 2.24) is 0 Å². The number of benzene rings is 1. The first-order chi connectivity index (χ1) is 11.1. The van der Waals surface area contributed by atoms with E-state index in [1.165, 1.54) is 35.6 Å². The van der Waals surface area contributed by atoms with Gasteiger partial charge in [-0.15, -0.1) is 22.7 Å². The molecule has 0 atom stereocenters. The van der Waals surface area contributed by atoms with Gasteiger partial charge < -0.3 is 10.4 Å². The number of amides is 1. The molecule has 3 rings (SSSR count). The highest BCUT2D eigenvalue weighted by Gasteiger charge is 2.21. The molecule has 2 heterocycles. The van der Waals surface area contributed by atoms with E-state index in [-0.39, 0.29) is 16.1 Å². The number of carboxylic acid groups (broad SMARTS) is 1. The van der Waals surface area contributed by atoms with Crippen LogP contribution in [0.1, 0.15) is 20.7 Å². The van der Waals surface area contributed by atoms with Crippen molar-refractivity contribution in [3.63, 3.8) is 0 Å². The normalized spacial score (nSPS) is 10.5. The maximum atomic E-state index is 12.9. The van der Waals surface area contributed by atoms with Crippen LogP contribution in [0.4, 0.5) is 9.39 Å². The number of carbonyl (C=O) groups is 2. The summed E-state index contributed by atoms with van der Waals surface area (Å²) in [4.78, 5) is 24.6. The summed E-state index contributed by atoms with van der Waals surface area (Å²) >= 11 is 2.58. The highest BCUT2D eigenvalue weighted by Crippen LogP contribution is 2.37. The minimum Gasteiger partial charge on any atom is -0.478 e. The first-order valence-corrected chi connectivity index (χ1v) is 8.28. The van der Waals surface area contributed by atoms with Gasteiger partial charge in [0.2, 0.25) is 0 Å². The second-order valence-corrected chi connectivity index (χ2v) is 6.42. The Hall–Kier alpha value is -2.51. The van der Waals surface area contributed by atoms with E-state index in [2.05, 4.69) is 5.32 Å². The van der Waals surface area contributed by atoms with Crippen LogP contribution in [0.25, 0.3) is 10.4 Å². The molecule has 0 saturated carbocycles. The molecule has 116 valence electrons. The summed E-state index contributed by atoms with van der Waals surface area (Å²) in [6.07, 6.45) is 0. The molecule has 0 bridgehead atoms.